The van der Waals surface area contributed by atoms with Crippen molar-refractivity contribution in [2.75, 3.05) is 6.79 Å². The molecular formula is C10H10O4. The largest absolute Gasteiger partial charge is 0.504 e. The highest BCUT2D eigenvalue weighted by atomic mass is 16.7. The fourth-order valence-electron chi connectivity index (χ4n) is 1.44. The zero-order valence-corrected chi connectivity index (χ0v) is 7.74. The number of carbonyl (C=O) groups is 1. The van der Waals surface area contributed by atoms with Crippen LogP contribution in [0.2, 0.25) is 0 Å². The zero-order chi connectivity index (χ0) is 10.1. The number of phenols is 1. The summed E-state index contributed by atoms with van der Waals surface area (Å²) in [6.45, 7) is 1.62. The van der Waals surface area contributed by atoms with E-state index in [-0.39, 0.29) is 18.3 Å². The smallest absolute Gasteiger partial charge is 0.231 e. The van der Waals surface area contributed by atoms with Gasteiger partial charge in [-0.3, -0.25) is 4.79 Å². The van der Waals surface area contributed by atoms with Gasteiger partial charge in [0.25, 0.3) is 0 Å². The first kappa shape index (κ1) is 8.87. The van der Waals surface area contributed by atoms with Gasteiger partial charge in [-0.25, -0.2) is 0 Å². The molecule has 0 saturated heterocycles. The lowest BCUT2D eigenvalue weighted by atomic mass is 10.1. The van der Waals surface area contributed by atoms with Crippen LogP contribution in [0.15, 0.2) is 12.1 Å². The lowest BCUT2D eigenvalue weighted by Gasteiger charge is -2.02. The standard InChI is InChI=1S/C10H10O4/c1-6(11)2-7-3-8(12)10-9(4-7)13-5-14-10/h3-4,12H,2,5H2,1H3. The maximum atomic E-state index is 10.9. The number of carbonyl (C=O) groups excluding carboxylic acids is 1. The minimum Gasteiger partial charge on any atom is -0.504 e. The molecule has 0 spiro atoms. The second-order valence-corrected chi connectivity index (χ2v) is 3.23. The van der Waals surface area contributed by atoms with E-state index < -0.39 is 0 Å². The molecule has 0 aromatic heterocycles. The minimum absolute atomic E-state index is 0.0243. The van der Waals surface area contributed by atoms with Crippen molar-refractivity contribution in [2.45, 2.75) is 13.3 Å². The van der Waals surface area contributed by atoms with Gasteiger partial charge < -0.3 is 14.6 Å². The molecule has 2 rings (SSSR count). The zero-order valence-electron chi connectivity index (χ0n) is 7.74. The van der Waals surface area contributed by atoms with E-state index in [0.29, 0.717) is 17.9 Å². The number of aromatic hydroxyl groups is 1. The van der Waals surface area contributed by atoms with E-state index in [2.05, 4.69) is 0 Å². The molecular weight excluding hydrogens is 184 g/mol. The molecule has 1 aliphatic rings. The quantitative estimate of drug-likeness (QED) is 0.769. The van der Waals surface area contributed by atoms with Gasteiger partial charge in [-0.05, 0) is 24.6 Å². The Balaban J connectivity index is 2.36. The summed E-state index contributed by atoms with van der Waals surface area (Å²) in [6, 6.07) is 3.23. The predicted molar refractivity (Wildman–Crippen MR) is 48.6 cm³/mol. The lowest BCUT2D eigenvalue weighted by molar-refractivity contribution is -0.116. The Morgan fingerprint density at radius 1 is 1.50 bits per heavy atom. The monoisotopic (exact) mass is 194 g/mol. The number of phenolic OH excluding ortho intramolecular Hbond substituents is 1. The molecule has 0 amide bonds. The SMILES string of the molecule is CC(=O)Cc1cc(O)c2c(c1)OCO2. The Morgan fingerprint density at radius 2 is 2.29 bits per heavy atom. The van der Waals surface area contributed by atoms with Crippen molar-refractivity contribution in [1.29, 1.82) is 0 Å². The first-order chi connectivity index (χ1) is 6.66. The van der Waals surface area contributed by atoms with Crippen LogP contribution >= 0.6 is 0 Å². The molecule has 1 aromatic carbocycles. The van der Waals surface area contributed by atoms with Crippen molar-refractivity contribution < 1.29 is 19.4 Å². The summed E-state index contributed by atoms with van der Waals surface area (Å²) in [6.07, 6.45) is 0.296. The van der Waals surface area contributed by atoms with E-state index in [4.69, 9.17) is 9.47 Å². The van der Waals surface area contributed by atoms with E-state index >= 15 is 0 Å². The van der Waals surface area contributed by atoms with Crippen LogP contribution in [0.3, 0.4) is 0 Å². The Bertz CT molecular complexity index is 384. The molecule has 4 heteroatoms. The molecule has 1 heterocycles. The molecule has 4 nitrogen and oxygen atoms in total. The number of benzene rings is 1. The molecule has 0 aliphatic carbocycles. The average molecular weight is 194 g/mol. The fraction of sp³-hybridized carbons (Fsp3) is 0.300. The third-order valence-corrected chi connectivity index (χ3v) is 1.97. The number of Topliss-reactive ketones (excluding diaryl/α,β-unsaturated/α-hetero) is 1. The Morgan fingerprint density at radius 3 is 3.00 bits per heavy atom. The van der Waals surface area contributed by atoms with Crippen LogP contribution in [-0.2, 0) is 11.2 Å². The fourth-order valence-corrected chi connectivity index (χ4v) is 1.44. The maximum absolute atomic E-state index is 10.9. The summed E-state index contributed by atoms with van der Waals surface area (Å²) in [4.78, 5) is 10.9. The van der Waals surface area contributed by atoms with Crippen LogP contribution in [0.4, 0.5) is 0 Å². The lowest BCUT2D eigenvalue weighted by Crippen LogP contribution is -1.96. The van der Waals surface area contributed by atoms with Gasteiger partial charge >= 0.3 is 0 Å². The molecule has 0 unspecified atom stereocenters. The van der Waals surface area contributed by atoms with Crippen LogP contribution < -0.4 is 9.47 Å². The van der Waals surface area contributed by atoms with Gasteiger partial charge in [0.05, 0.1) is 0 Å². The Kier molecular flexibility index (Phi) is 2.04. The molecule has 0 radical (unpaired) electrons. The number of hydrogen-bond donors (Lipinski definition) is 1. The number of ether oxygens (including phenoxy) is 2. The van der Waals surface area contributed by atoms with Crippen molar-refractivity contribution in [3.8, 4) is 17.2 Å². The second-order valence-electron chi connectivity index (χ2n) is 3.23. The summed E-state index contributed by atoms with van der Waals surface area (Å²) in [5.74, 6) is 0.929. The molecule has 14 heavy (non-hydrogen) atoms. The predicted octanol–water partition coefficient (Wildman–Crippen LogP) is 1.25. The topological polar surface area (TPSA) is 55.8 Å². The molecule has 0 fully saturated rings. The third-order valence-electron chi connectivity index (χ3n) is 1.97. The number of fused-ring (bicyclic) bond motifs is 1. The van der Waals surface area contributed by atoms with Gasteiger partial charge in [-0.15, -0.1) is 0 Å². The van der Waals surface area contributed by atoms with Crippen LogP contribution in [0.25, 0.3) is 0 Å². The highest BCUT2D eigenvalue weighted by Crippen LogP contribution is 2.41. The van der Waals surface area contributed by atoms with Gasteiger partial charge in [0.2, 0.25) is 12.5 Å². The first-order valence-electron chi connectivity index (χ1n) is 4.28. The molecule has 1 aromatic rings. The number of rotatable bonds is 2. The summed E-state index contributed by atoms with van der Waals surface area (Å²) >= 11 is 0. The molecule has 1 aliphatic heterocycles. The maximum Gasteiger partial charge on any atom is 0.231 e. The molecule has 0 bridgehead atoms. The van der Waals surface area contributed by atoms with Gasteiger partial charge in [-0.2, -0.15) is 0 Å². The van der Waals surface area contributed by atoms with Crippen LogP contribution in [0.5, 0.6) is 17.2 Å². The molecule has 1 N–H and O–H groups in total. The average Bonchev–Trinajstić information content (AvgIpc) is 2.50. The van der Waals surface area contributed by atoms with Gasteiger partial charge in [-0.1, -0.05) is 0 Å². The highest BCUT2D eigenvalue weighted by molar-refractivity contribution is 5.78. The van der Waals surface area contributed by atoms with Crippen molar-refractivity contribution in [2.24, 2.45) is 0 Å². The Hall–Kier alpha value is -1.71. The summed E-state index contributed by atoms with van der Waals surface area (Å²) in [7, 11) is 0. The van der Waals surface area contributed by atoms with Gasteiger partial charge in [0.15, 0.2) is 11.5 Å². The van der Waals surface area contributed by atoms with Crippen LogP contribution in [0.1, 0.15) is 12.5 Å². The number of ketones is 1. The van der Waals surface area contributed by atoms with Crippen molar-refractivity contribution in [3.63, 3.8) is 0 Å². The highest BCUT2D eigenvalue weighted by Gasteiger charge is 2.19. The van der Waals surface area contributed by atoms with Crippen molar-refractivity contribution >= 4 is 5.78 Å². The second kappa shape index (κ2) is 3.21. The first-order valence-corrected chi connectivity index (χ1v) is 4.28. The van der Waals surface area contributed by atoms with Crippen LogP contribution in [0, 0.1) is 0 Å². The van der Waals surface area contributed by atoms with Gasteiger partial charge in [0.1, 0.15) is 5.78 Å². The third kappa shape index (κ3) is 1.51. The molecule has 74 valence electrons. The van der Waals surface area contributed by atoms with Crippen molar-refractivity contribution in [3.05, 3.63) is 17.7 Å². The van der Waals surface area contributed by atoms with E-state index in [1.807, 2.05) is 0 Å². The van der Waals surface area contributed by atoms with Gasteiger partial charge in [0, 0.05) is 6.42 Å². The summed E-state index contributed by atoms with van der Waals surface area (Å²) < 4.78 is 10.1. The Labute approximate surface area is 81.1 Å². The van der Waals surface area contributed by atoms with Crippen molar-refractivity contribution in [1.82, 2.24) is 0 Å². The minimum atomic E-state index is 0.0243. The number of hydrogen-bond acceptors (Lipinski definition) is 4. The summed E-state index contributed by atoms with van der Waals surface area (Å²) in [5.41, 5.74) is 0.735. The van der Waals surface area contributed by atoms with E-state index in [1.54, 1.807) is 6.07 Å². The van der Waals surface area contributed by atoms with E-state index in [0.717, 1.165) is 5.56 Å². The molecule has 0 saturated carbocycles. The van der Waals surface area contributed by atoms with Crippen LogP contribution in [-0.4, -0.2) is 17.7 Å². The molecule has 0 atom stereocenters. The summed E-state index contributed by atoms with van der Waals surface area (Å²) in [5, 5.41) is 9.51. The normalized spacial score (nSPS) is 12.9. The van der Waals surface area contributed by atoms with E-state index in [1.165, 1.54) is 13.0 Å². The van der Waals surface area contributed by atoms with E-state index in [9.17, 15) is 9.90 Å².